The van der Waals surface area contributed by atoms with Gasteiger partial charge in [0.2, 0.25) is 0 Å². The zero-order chi connectivity index (χ0) is 29.9. The average Bonchev–Trinajstić information content (AvgIpc) is 2.92. The van der Waals surface area contributed by atoms with Crippen molar-refractivity contribution < 1.29 is 28.0 Å². The maximum atomic E-state index is 12.1. The molecule has 4 aromatic carbocycles. The van der Waals surface area contributed by atoms with Crippen molar-refractivity contribution in [2.45, 2.75) is 49.4 Å². The van der Waals surface area contributed by atoms with Crippen LogP contribution in [0.1, 0.15) is 54.2 Å². The summed E-state index contributed by atoms with van der Waals surface area (Å²) >= 11 is 4.51. The molecule has 214 valence electrons. The number of aromatic hydroxyl groups is 1. The summed E-state index contributed by atoms with van der Waals surface area (Å²) in [7, 11) is -4.47. The molecule has 9 nitrogen and oxygen atoms in total. The third-order valence-electron chi connectivity index (χ3n) is 6.92. The molecule has 4 aromatic rings. The van der Waals surface area contributed by atoms with Gasteiger partial charge in [-0.05, 0) is 61.0 Å². The second-order valence-corrected chi connectivity index (χ2v) is 11.4. The van der Waals surface area contributed by atoms with Crippen molar-refractivity contribution in [3.05, 3.63) is 83.4 Å². The van der Waals surface area contributed by atoms with Gasteiger partial charge in [0.1, 0.15) is 16.1 Å². The zero-order valence-corrected chi connectivity index (χ0v) is 24.5. The minimum absolute atomic E-state index is 0.0703. The number of carboxylic acid groups (broad SMARTS) is 1. The predicted octanol–water partition coefficient (Wildman–Crippen LogP) is 7.87. The molecular formula is C30H31N3O6S2. The lowest BCUT2D eigenvalue weighted by molar-refractivity contribution is 0.0694. The van der Waals surface area contributed by atoms with E-state index < -0.39 is 21.8 Å². The summed E-state index contributed by atoms with van der Waals surface area (Å²) in [6, 6.07) is 19.1. The topological polar surface area (TPSA) is 140 Å². The fourth-order valence-electron chi connectivity index (χ4n) is 5.01. The lowest BCUT2D eigenvalue weighted by atomic mass is 9.99. The molecular weight excluding hydrogens is 562 g/mol. The fraction of sp³-hybridized carbons (Fsp3) is 0.233. The van der Waals surface area contributed by atoms with Crippen LogP contribution in [0.15, 0.2) is 86.7 Å². The highest BCUT2D eigenvalue weighted by atomic mass is 32.2. The summed E-state index contributed by atoms with van der Waals surface area (Å²) < 4.78 is 34.0. The third kappa shape index (κ3) is 6.22. The number of carbonyl (C=O) groups is 1. The molecule has 0 saturated heterocycles. The van der Waals surface area contributed by atoms with Crippen LogP contribution in [0.5, 0.6) is 5.75 Å². The molecule has 0 radical (unpaired) electrons. The highest BCUT2D eigenvalue weighted by Crippen LogP contribution is 2.41. The summed E-state index contributed by atoms with van der Waals surface area (Å²) in [6.07, 6.45) is 1.62. The van der Waals surface area contributed by atoms with E-state index in [-0.39, 0.29) is 27.1 Å². The van der Waals surface area contributed by atoms with Gasteiger partial charge >= 0.3 is 5.97 Å². The number of anilines is 1. The Hall–Kier alpha value is -3.93. The van der Waals surface area contributed by atoms with Crippen molar-refractivity contribution >= 4 is 56.6 Å². The number of nitrogens with zero attached hydrogens (tertiary/aromatic N) is 3. The molecule has 0 aliphatic heterocycles. The molecule has 0 fully saturated rings. The van der Waals surface area contributed by atoms with Crippen LogP contribution in [-0.2, 0) is 10.1 Å². The van der Waals surface area contributed by atoms with Crippen molar-refractivity contribution in [2.24, 2.45) is 10.2 Å². The van der Waals surface area contributed by atoms with E-state index in [4.69, 9.17) is 0 Å². The number of azo groups is 1. The quantitative estimate of drug-likeness (QED) is 0.0833. The number of aromatic carboxylic acids is 1. The molecule has 0 aromatic heterocycles. The lowest BCUT2D eigenvalue weighted by Crippen LogP contribution is -2.29. The van der Waals surface area contributed by atoms with Gasteiger partial charge in [0.15, 0.2) is 5.75 Å². The first kappa shape index (κ1) is 30.0. The van der Waals surface area contributed by atoms with Crippen molar-refractivity contribution in [1.29, 1.82) is 0 Å². The molecule has 4 rings (SSSR count). The first-order valence-corrected chi connectivity index (χ1v) is 14.9. The molecule has 11 heteroatoms. The third-order valence-corrected chi connectivity index (χ3v) is 8.57. The Balaban J connectivity index is 1.71. The number of hydrogen-bond acceptors (Lipinski definition) is 8. The second kappa shape index (κ2) is 12.3. The Morgan fingerprint density at radius 2 is 1.71 bits per heavy atom. The maximum Gasteiger partial charge on any atom is 0.339 e. The smallest absolute Gasteiger partial charge is 0.339 e. The molecule has 0 amide bonds. The van der Waals surface area contributed by atoms with Gasteiger partial charge in [0.25, 0.3) is 10.1 Å². The second-order valence-electron chi connectivity index (χ2n) is 9.58. The van der Waals surface area contributed by atoms with Crippen LogP contribution in [0.2, 0.25) is 0 Å². The number of aryl methyl sites for hydroxylation is 1. The van der Waals surface area contributed by atoms with Crippen molar-refractivity contribution in [1.82, 2.24) is 0 Å². The van der Waals surface area contributed by atoms with Gasteiger partial charge in [-0.15, -0.1) is 17.7 Å². The zero-order valence-electron chi connectivity index (χ0n) is 22.8. The van der Waals surface area contributed by atoms with E-state index in [1.54, 1.807) is 49.4 Å². The molecule has 41 heavy (non-hydrogen) atoms. The van der Waals surface area contributed by atoms with E-state index in [2.05, 4.69) is 34.7 Å². The van der Waals surface area contributed by atoms with Gasteiger partial charge in [-0.3, -0.25) is 4.55 Å². The monoisotopic (exact) mass is 593 g/mol. The summed E-state index contributed by atoms with van der Waals surface area (Å²) in [6.45, 7) is 6.19. The Bertz CT molecular complexity index is 1740. The highest BCUT2D eigenvalue weighted by molar-refractivity contribution is 7.87. The van der Waals surface area contributed by atoms with Gasteiger partial charge in [-0.25, -0.2) is 4.79 Å². The average molecular weight is 594 g/mol. The lowest BCUT2D eigenvalue weighted by Gasteiger charge is -2.34. The van der Waals surface area contributed by atoms with Crippen LogP contribution < -0.4 is 4.90 Å². The van der Waals surface area contributed by atoms with E-state index in [1.165, 1.54) is 6.07 Å². The molecule has 0 aliphatic carbocycles. The number of carboxylic acids is 1. The molecule has 1 atom stereocenters. The SMILES string of the molecule is CCCC(c1ccc(N=Nc2c(O)c(C(=O)O)cc3ccccc23)cc1)N(CC)c1ccc(C)c(S(=O)(=O)O)c1S. The van der Waals surface area contributed by atoms with Gasteiger partial charge in [-0.2, -0.15) is 13.5 Å². The largest absolute Gasteiger partial charge is 0.505 e. The highest BCUT2D eigenvalue weighted by Gasteiger charge is 2.26. The number of fused-ring (bicyclic) bond motifs is 1. The number of thiol groups is 1. The maximum absolute atomic E-state index is 12.1. The summed E-state index contributed by atoms with van der Waals surface area (Å²) in [5.41, 5.74) is 2.27. The number of hydrogen-bond donors (Lipinski definition) is 4. The molecule has 3 N–H and O–H groups in total. The van der Waals surface area contributed by atoms with E-state index >= 15 is 0 Å². The summed E-state index contributed by atoms with van der Waals surface area (Å²) in [5.74, 6) is -1.72. The first-order chi connectivity index (χ1) is 19.5. The van der Waals surface area contributed by atoms with Crippen LogP contribution in [0, 0.1) is 6.92 Å². The van der Waals surface area contributed by atoms with Gasteiger partial charge in [0, 0.05) is 16.8 Å². The van der Waals surface area contributed by atoms with E-state index in [0.717, 1.165) is 18.4 Å². The van der Waals surface area contributed by atoms with Crippen LogP contribution in [0.4, 0.5) is 17.1 Å². The van der Waals surface area contributed by atoms with Crippen molar-refractivity contribution in [3.63, 3.8) is 0 Å². The number of benzene rings is 4. The molecule has 0 saturated carbocycles. The normalized spacial score (nSPS) is 12.6. The standard InChI is InChI=1S/C30H31N3O6S2/c1-4-8-24(33(5-2)25-16-11-18(3)29(28(25)40)41(37,38)39)19-12-14-21(15-13-19)31-32-26-22-10-7-6-9-20(22)17-23(27(26)34)30(35)36/h6-7,9-17,24,34,40H,4-5,8H2,1-3H3,(H,35,36)(H,37,38,39). The summed E-state index contributed by atoms with van der Waals surface area (Å²) in [5, 5.41) is 29.8. The van der Waals surface area contributed by atoms with Gasteiger partial charge in [-0.1, -0.05) is 55.8 Å². The van der Waals surface area contributed by atoms with Crippen LogP contribution in [-0.4, -0.2) is 35.7 Å². The van der Waals surface area contributed by atoms with Crippen LogP contribution in [0.25, 0.3) is 10.8 Å². The Morgan fingerprint density at radius 1 is 1.02 bits per heavy atom. The van der Waals surface area contributed by atoms with E-state index in [1.807, 2.05) is 25.1 Å². The van der Waals surface area contributed by atoms with Crippen molar-refractivity contribution in [3.8, 4) is 5.75 Å². The van der Waals surface area contributed by atoms with Crippen LogP contribution in [0.3, 0.4) is 0 Å². The van der Waals surface area contributed by atoms with Gasteiger partial charge in [0.05, 0.1) is 17.4 Å². The van der Waals surface area contributed by atoms with E-state index in [0.29, 0.717) is 34.3 Å². The number of phenols is 1. The molecule has 1 unspecified atom stereocenters. The molecule has 0 aliphatic rings. The summed E-state index contributed by atoms with van der Waals surface area (Å²) in [4.78, 5) is 13.7. The Labute approximate surface area is 244 Å². The Morgan fingerprint density at radius 3 is 2.32 bits per heavy atom. The minimum Gasteiger partial charge on any atom is -0.505 e. The predicted molar refractivity (Wildman–Crippen MR) is 162 cm³/mol. The van der Waals surface area contributed by atoms with E-state index in [9.17, 15) is 28.0 Å². The minimum atomic E-state index is -4.47. The fourth-order valence-corrected chi connectivity index (χ4v) is 6.56. The van der Waals surface area contributed by atoms with Crippen molar-refractivity contribution in [2.75, 3.05) is 11.4 Å². The molecule has 0 bridgehead atoms. The molecule has 0 heterocycles. The number of rotatable bonds is 10. The van der Waals surface area contributed by atoms with Gasteiger partial charge < -0.3 is 15.1 Å². The first-order valence-electron chi connectivity index (χ1n) is 13.0. The van der Waals surface area contributed by atoms with Crippen LogP contribution >= 0.6 is 12.6 Å². The molecule has 0 spiro atoms. The Kier molecular flexibility index (Phi) is 9.01.